The fourth-order valence-corrected chi connectivity index (χ4v) is 1.87. The second kappa shape index (κ2) is 4.93. The standard InChI is InChI=1S/C7H4Br2F2N2O2/c8-2-3-1-4(13(14)15)5(7(10)11)6(9)12-3/h1,7H,2H2. The molecule has 4 nitrogen and oxygen atoms in total. The van der Waals surface area contributed by atoms with Crippen molar-refractivity contribution >= 4 is 37.5 Å². The Morgan fingerprint density at radius 3 is 2.60 bits per heavy atom. The Hall–Kier alpha value is -0.630. The molecular formula is C7H4Br2F2N2O2. The third-order valence-electron chi connectivity index (χ3n) is 1.60. The average molecular weight is 346 g/mol. The molecule has 0 aliphatic carbocycles. The number of rotatable bonds is 3. The normalized spacial score (nSPS) is 10.7. The van der Waals surface area contributed by atoms with Gasteiger partial charge in [-0.2, -0.15) is 0 Å². The summed E-state index contributed by atoms with van der Waals surface area (Å²) in [5, 5.41) is 10.8. The predicted octanol–water partition coefficient (Wildman–Crippen LogP) is 3.58. The topological polar surface area (TPSA) is 56.0 Å². The zero-order valence-corrected chi connectivity index (χ0v) is 10.3. The van der Waals surface area contributed by atoms with Crippen molar-refractivity contribution in [2.45, 2.75) is 11.8 Å². The van der Waals surface area contributed by atoms with Gasteiger partial charge in [-0.25, -0.2) is 13.8 Å². The molecule has 8 heteroatoms. The van der Waals surface area contributed by atoms with Crippen LogP contribution in [0.4, 0.5) is 14.5 Å². The molecule has 1 aromatic heterocycles. The summed E-state index contributed by atoms with van der Waals surface area (Å²) in [4.78, 5) is 13.4. The molecule has 1 aromatic rings. The van der Waals surface area contributed by atoms with Crippen LogP contribution in [0.3, 0.4) is 0 Å². The first-order chi connectivity index (χ1) is 6.97. The summed E-state index contributed by atoms with van der Waals surface area (Å²) in [6.45, 7) is 0. The van der Waals surface area contributed by atoms with Crippen molar-refractivity contribution in [1.82, 2.24) is 4.98 Å². The van der Waals surface area contributed by atoms with Gasteiger partial charge >= 0.3 is 0 Å². The van der Waals surface area contributed by atoms with Crippen LogP contribution >= 0.6 is 31.9 Å². The number of halogens is 4. The third-order valence-corrected chi connectivity index (χ3v) is 2.77. The minimum absolute atomic E-state index is 0.193. The fourth-order valence-electron chi connectivity index (χ4n) is 0.981. The molecule has 0 amide bonds. The molecule has 0 N–H and O–H groups in total. The van der Waals surface area contributed by atoms with Crippen molar-refractivity contribution in [1.29, 1.82) is 0 Å². The monoisotopic (exact) mass is 344 g/mol. The van der Waals surface area contributed by atoms with Crippen LogP contribution in [-0.2, 0) is 5.33 Å². The van der Waals surface area contributed by atoms with Crippen LogP contribution in [0.15, 0.2) is 10.7 Å². The number of hydrogen-bond donors (Lipinski definition) is 0. The molecule has 15 heavy (non-hydrogen) atoms. The number of hydrogen-bond acceptors (Lipinski definition) is 3. The van der Waals surface area contributed by atoms with Gasteiger partial charge in [-0.05, 0) is 15.9 Å². The molecular weight excluding hydrogens is 342 g/mol. The van der Waals surface area contributed by atoms with E-state index >= 15 is 0 Å². The van der Waals surface area contributed by atoms with Gasteiger partial charge in [0.1, 0.15) is 10.2 Å². The van der Waals surface area contributed by atoms with Crippen LogP contribution in [0.5, 0.6) is 0 Å². The van der Waals surface area contributed by atoms with E-state index in [1.807, 2.05) is 0 Å². The van der Waals surface area contributed by atoms with Gasteiger partial charge in [0.2, 0.25) is 0 Å². The number of alkyl halides is 3. The Labute approximate surface area is 100 Å². The summed E-state index contributed by atoms with van der Waals surface area (Å²) in [5.41, 5.74) is -0.996. The quantitative estimate of drug-likeness (QED) is 0.364. The van der Waals surface area contributed by atoms with Crippen LogP contribution in [0.2, 0.25) is 0 Å². The summed E-state index contributed by atoms with van der Waals surface area (Å²) >= 11 is 5.83. The molecule has 0 aromatic carbocycles. The Morgan fingerprint density at radius 1 is 1.60 bits per heavy atom. The Balaban J connectivity index is 3.42. The Bertz CT molecular complexity index is 401. The first-order valence-electron chi connectivity index (χ1n) is 3.65. The second-order valence-corrected chi connectivity index (χ2v) is 3.84. The van der Waals surface area contributed by atoms with E-state index in [0.717, 1.165) is 6.07 Å². The van der Waals surface area contributed by atoms with Crippen LogP contribution < -0.4 is 0 Å². The third kappa shape index (κ3) is 2.69. The van der Waals surface area contributed by atoms with Crippen LogP contribution in [0, 0.1) is 10.1 Å². The van der Waals surface area contributed by atoms with Gasteiger partial charge in [-0.15, -0.1) is 0 Å². The molecule has 0 bridgehead atoms. The highest BCUT2D eigenvalue weighted by molar-refractivity contribution is 9.10. The minimum Gasteiger partial charge on any atom is -0.258 e. The van der Waals surface area contributed by atoms with Gasteiger partial charge in [-0.3, -0.25) is 10.1 Å². The zero-order chi connectivity index (χ0) is 11.6. The SMILES string of the molecule is O=[N+]([O-])c1cc(CBr)nc(Br)c1C(F)F. The van der Waals surface area contributed by atoms with Crippen LogP contribution in [0.1, 0.15) is 17.7 Å². The van der Waals surface area contributed by atoms with Crippen LogP contribution in [-0.4, -0.2) is 9.91 Å². The van der Waals surface area contributed by atoms with Crippen molar-refractivity contribution < 1.29 is 13.7 Å². The first-order valence-corrected chi connectivity index (χ1v) is 5.56. The molecule has 0 atom stereocenters. The lowest BCUT2D eigenvalue weighted by Crippen LogP contribution is -2.01. The molecule has 0 spiro atoms. The van der Waals surface area contributed by atoms with Gasteiger partial charge < -0.3 is 0 Å². The smallest absolute Gasteiger partial charge is 0.258 e. The average Bonchev–Trinajstić information content (AvgIpc) is 2.15. The van der Waals surface area contributed by atoms with Gasteiger partial charge in [0.15, 0.2) is 0 Å². The zero-order valence-electron chi connectivity index (χ0n) is 7.08. The maximum atomic E-state index is 12.5. The first kappa shape index (κ1) is 12.4. The Kier molecular flexibility index (Phi) is 4.09. The lowest BCUT2D eigenvalue weighted by atomic mass is 10.2. The Morgan fingerprint density at radius 2 is 2.20 bits per heavy atom. The van der Waals surface area contributed by atoms with Gasteiger partial charge in [-0.1, -0.05) is 15.9 Å². The van der Waals surface area contributed by atoms with Crippen LogP contribution in [0.25, 0.3) is 0 Å². The van der Waals surface area contributed by atoms with Crippen molar-refractivity contribution in [3.8, 4) is 0 Å². The number of nitro groups is 1. The highest BCUT2D eigenvalue weighted by atomic mass is 79.9. The van der Waals surface area contributed by atoms with Crippen molar-refractivity contribution in [3.63, 3.8) is 0 Å². The van der Waals surface area contributed by atoms with E-state index in [0.29, 0.717) is 5.69 Å². The van der Waals surface area contributed by atoms with E-state index < -0.39 is 22.6 Å². The maximum absolute atomic E-state index is 12.5. The predicted molar refractivity (Wildman–Crippen MR) is 56.2 cm³/mol. The maximum Gasteiger partial charge on any atom is 0.282 e. The molecule has 0 aliphatic heterocycles. The number of aromatic nitrogens is 1. The summed E-state index contributed by atoms with van der Waals surface area (Å²) < 4.78 is 24.8. The molecule has 0 aliphatic rings. The van der Waals surface area contributed by atoms with Gasteiger partial charge in [0.25, 0.3) is 12.1 Å². The largest absolute Gasteiger partial charge is 0.282 e. The van der Waals surface area contributed by atoms with Crippen molar-refractivity contribution in [2.24, 2.45) is 0 Å². The summed E-state index contributed by atoms with van der Waals surface area (Å²) in [6.07, 6.45) is -2.93. The van der Waals surface area contributed by atoms with E-state index in [2.05, 4.69) is 36.8 Å². The molecule has 1 rings (SSSR count). The second-order valence-electron chi connectivity index (χ2n) is 2.53. The highest BCUT2D eigenvalue weighted by Gasteiger charge is 2.26. The van der Waals surface area contributed by atoms with Crippen molar-refractivity contribution in [2.75, 3.05) is 0 Å². The number of nitrogens with zero attached hydrogens (tertiary/aromatic N) is 2. The van der Waals surface area contributed by atoms with Gasteiger partial charge in [0.05, 0.1) is 10.6 Å². The summed E-state index contributed by atoms with van der Waals surface area (Å²) in [5.74, 6) is 0. The lowest BCUT2D eigenvalue weighted by Gasteiger charge is -2.05. The molecule has 1 heterocycles. The lowest BCUT2D eigenvalue weighted by molar-refractivity contribution is -0.386. The fraction of sp³-hybridized carbons (Fsp3) is 0.286. The molecule has 0 unspecified atom stereocenters. The molecule has 82 valence electrons. The van der Waals surface area contributed by atoms with Crippen molar-refractivity contribution in [3.05, 3.63) is 32.0 Å². The van der Waals surface area contributed by atoms with E-state index in [1.54, 1.807) is 0 Å². The minimum atomic E-state index is -2.93. The van der Waals surface area contributed by atoms with E-state index in [-0.39, 0.29) is 9.93 Å². The van der Waals surface area contributed by atoms with E-state index in [9.17, 15) is 18.9 Å². The van der Waals surface area contributed by atoms with E-state index in [1.165, 1.54) is 0 Å². The highest BCUT2D eigenvalue weighted by Crippen LogP contribution is 2.34. The van der Waals surface area contributed by atoms with E-state index in [4.69, 9.17) is 0 Å². The van der Waals surface area contributed by atoms with Gasteiger partial charge in [0, 0.05) is 11.4 Å². The molecule has 0 saturated heterocycles. The molecule has 0 fully saturated rings. The number of pyridine rings is 1. The summed E-state index contributed by atoms with van der Waals surface area (Å²) in [7, 11) is 0. The summed E-state index contributed by atoms with van der Waals surface area (Å²) in [6, 6.07) is 1.03. The molecule has 0 radical (unpaired) electrons. The molecule has 0 saturated carbocycles.